The summed E-state index contributed by atoms with van der Waals surface area (Å²) in [6, 6.07) is 93.9. The predicted molar refractivity (Wildman–Crippen MR) is 296 cm³/mol. The van der Waals surface area contributed by atoms with Crippen molar-refractivity contribution in [2.24, 2.45) is 0 Å². The first kappa shape index (κ1) is 40.6. The van der Waals surface area contributed by atoms with Gasteiger partial charge in [-0.2, -0.15) is 0 Å². The van der Waals surface area contributed by atoms with Gasteiger partial charge in [-0.1, -0.05) is 188 Å². The molecule has 14 rings (SSSR count). The molecule has 3 heteroatoms. The Kier molecular flexibility index (Phi) is 9.38. The fourth-order valence-corrected chi connectivity index (χ4v) is 11.8. The van der Waals surface area contributed by atoms with Crippen LogP contribution in [-0.4, -0.2) is 0 Å². The molecular weight excluding hydrogens is 859 g/mol. The molecular formula is C68H45N3. The molecule has 3 nitrogen and oxygen atoms in total. The summed E-state index contributed by atoms with van der Waals surface area (Å²) >= 11 is 0. The Hall–Kier alpha value is -9.40. The molecule has 11 aromatic carbocycles. The van der Waals surface area contributed by atoms with Crippen LogP contribution >= 0.6 is 0 Å². The zero-order valence-corrected chi connectivity index (χ0v) is 38.8. The summed E-state index contributed by atoms with van der Waals surface area (Å²) < 4.78 is 0. The van der Waals surface area contributed by atoms with Crippen molar-refractivity contribution in [2.45, 2.75) is 5.41 Å². The van der Waals surface area contributed by atoms with Crippen LogP contribution in [0.15, 0.2) is 284 Å². The lowest BCUT2D eigenvalue weighted by Gasteiger charge is -2.37. The standard InChI is InChI=1S/C68H45N3/c1-6-22-49(23-7-1)68(50-24-8-2-9-25-50)63-45-56(70(52-28-12-4-13-29-52)53-30-14-5-15-31-53)38-42-59(63)60-43-39-57(46-64(60)68)71-65-35-19-21-47-20-18-34-61(66(47)65)62-40-36-48-44-55(37-41-58(48)67(62)71)69(54-32-16-17-33-54)51-26-10-3-11-27-51/h1-32,34-46H. The van der Waals surface area contributed by atoms with Crippen molar-refractivity contribution in [2.75, 3.05) is 14.7 Å². The Labute approximate surface area is 414 Å². The molecule has 0 radical (unpaired) electrons. The minimum Gasteiger partial charge on any atom is -0.310 e. The molecule has 3 aliphatic rings. The van der Waals surface area contributed by atoms with Crippen molar-refractivity contribution in [3.8, 4) is 22.3 Å². The molecule has 0 aromatic heterocycles. The van der Waals surface area contributed by atoms with Crippen LogP contribution in [0, 0.1) is 0 Å². The summed E-state index contributed by atoms with van der Waals surface area (Å²) in [6.45, 7) is 0. The molecule has 0 atom stereocenters. The van der Waals surface area contributed by atoms with Gasteiger partial charge in [-0.05, 0) is 141 Å². The number of allylic oxidation sites excluding steroid dienone is 2. The summed E-state index contributed by atoms with van der Waals surface area (Å²) in [5.41, 5.74) is 22.7. The zero-order valence-electron chi connectivity index (χ0n) is 38.8. The predicted octanol–water partition coefficient (Wildman–Crippen LogP) is 18.0. The van der Waals surface area contributed by atoms with Gasteiger partial charge in [0.05, 0.1) is 22.5 Å². The molecule has 71 heavy (non-hydrogen) atoms. The molecule has 0 saturated carbocycles. The summed E-state index contributed by atoms with van der Waals surface area (Å²) in [6.07, 6.45) is 6.17. The lowest BCUT2D eigenvalue weighted by molar-refractivity contribution is 0.768. The Morgan fingerprint density at radius 1 is 0.380 bits per heavy atom. The van der Waals surface area contributed by atoms with E-state index in [-0.39, 0.29) is 0 Å². The third-order valence-electron chi connectivity index (χ3n) is 14.8. The highest BCUT2D eigenvalue weighted by atomic mass is 15.2. The zero-order chi connectivity index (χ0) is 46.9. The SMILES string of the molecule is C1=CC=CC=1N(c1ccccc1)c1ccc2c3c(ccc2c1)-c1cccc2cccc(c12)N3c1ccc2c(c1)C(c1ccccc1)(c1ccccc1)c1cc(N(c3ccccc3)c3ccccc3)ccc1-2. The number of para-hydroxylation sites is 3. The van der Waals surface area contributed by atoms with E-state index < -0.39 is 5.41 Å². The number of hydrogen-bond donors (Lipinski definition) is 0. The first-order chi connectivity index (χ1) is 35.2. The molecule has 0 amide bonds. The van der Waals surface area contributed by atoms with E-state index in [1.54, 1.807) is 0 Å². The molecule has 2 aliphatic carbocycles. The number of anilines is 8. The third-order valence-corrected chi connectivity index (χ3v) is 14.8. The average Bonchev–Trinajstić information content (AvgIpc) is 4.08. The summed E-state index contributed by atoms with van der Waals surface area (Å²) in [5, 5.41) is 4.83. The number of benzene rings is 11. The van der Waals surface area contributed by atoms with Gasteiger partial charge in [0, 0.05) is 50.5 Å². The monoisotopic (exact) mass is 903 g/mol. The second-order valence-electron chi connectivity index (χ2n) is 18.6. The minimum atomic E-state index is -0.660. The molecule has 0 N–H and O–H groups in total. The lowest BCUT2D eigenvalue weighted by Crippen LogP contribution is -2.29. The van der Waals surface area contributed by atoms with E-state index in [0.29, 0.717) is 0 Å². The normalized spacial score (nSPS) is 13.5. The highest BCUT2D eigenvalue weighted by molar-refractivity contribution is 6.19. The van der Waals surface area contributed by atoms with Crippen molar-refractivity contribution in [3.63, 3.8) is 0 Å². The van der Waals surface area contributed by atoms with Crippen molar-refractivity contribution >= 4 is 67.0 Å². The molecule has 0 unspecified atom stereocenters. The summed E-state index contributed by atoms with van der Waals surface area (Å²) in [4.78, 5) is 7.22. The minimum absolute atomic E-state index is 0.660. The van der Waals surface area contributed by atoms with Crippen LogP contribution in [0.3, 0.4) is 0 Å². The maximum absolute atomic E-state index is 3.48. The Morgan fingerprint density at radius 2 is 0.930 bits per heavy atom. The van der Waals surface area contributed by atoms with Gasteiger partial charge in [0.2, 0.25) is 0 Å². The fourth-order valence-electron chi connectivity index (χ4n) is 11.8. The first-order valence-electron chi connectivity index (χ1n) is 24.4. The van der Waals surface area contributed by atoms with Gasteiger partial charge in [-0.3, -0.25) is 0 Å². The molecule has 1 heterocycles. The third kappa shape index (κ3) is 6.31. The molecule has 0 bridgehead atoms. The van der Waals surface area contributed by atoms with Gasteiger partial charge >= 0.3 is 0 Å². The van der Waals surface area contributed by atoms with Crippen molar-refractivity contribution in [1.82, 2.24) is 0 Å². The van der Waals surface area contributed by atoms with Gasteiger partial charge in [-0.25, -0.2) is 0 Å². The molecule has 0 fully saturated rings. The van der Waals surface area contributed by atoms with E-state index in [9.17, 15) is 0 Å². The Morgan fingerprint density at radius 3 is 1.56 bits per heavy atom. The van der Waals surface area contributed by atoms with Crippen molar-refractivity contribution < 1.29 is 0 Å². The maximum atomic E-state index is 3.48. The highest BCUT2D eigenvalue weighted by Gasteiger charge is 2.47. The van der Waals surface area contributed by atoms with Crippen LogP contribution in [0.2, 0.25) is 0 Å². The van der Waals surface area contributed by atoms with Crippen LogP contribution in [0.5, 0.6) is 0 Å². The van der Waals surface area contributed by atoms with Crippen molar-refractivity contribution in [1.29, 1.82) is 0 Å². The molecule has 11 aromatic rings. The number of nitrogens with zero attached hydrogens (tertiary/aromatic N) is 3. The van der Waals surface area contributed by atoms with E-state index in [0.717, 1.165) is 45.2 Å². The summed E-state index contributed by atoms with van der Waals surface area (Å²) in [7, 11) is 0. The first-order valence-corrected chi connectivity index (χ1v) is 24.4. The quantitative estimate of drug-likeness (QED) is 0.134. The largest absolute Gasteiger partial charge is 0.310 e. The van der Waals surface area contributed by atoms with Gasteiger partial charge in [0.25, 0.3) is 0 Å². The van der Waals surface area contributed by atoms with Crippen molar-refractivity contribution in [3.05, 3.63) is 307 Å². The van der Waals surface area contributed by atoms with Crippen LogP contribution in [0.4, 0.5) is 45.5 Å². The van der Waals surface area contributed by atoms with E-state index >= 15 is 0 Å². The smallest absolute Gasteiger partial charge is 0.0890 e. The van der Waals surface area contributed by atoms with Crippen LogP contribution in [0.25, 0.3) is 43.8 Å². The maximum Gasteiger partial charge on any atom is 0.0890 e. The average molecular weight is 904 g/mol. The van der Waals surface area contributed by atoms with E-state index in [1.165, 1.54) is 72.0 Å². The molecule has 0 spiro atoms. The summed E-state index contributed by atoms with van der Waals surface area (Å²) in [5.74, 6) is 0. The second kappa shape index (κ2) is 16.4. The van der Waals surface area contributed by atoms with Crippen LogP contribution in [0.1, 0.15) is 22.3 Å². The van der Waals surface area contributed by atoms with Crippen LogP contribution in [-0.2, 0) is 5.41 Å². The van der Waals surface area contributed by atoms with Crippen LogP contribution < -0.4 is 14.7 Å². The number of hydrogen-bond acceptors (Lipinski definition) is 3. The molecule has 332 valence electrons. The fraction of sp³-hybridized carbons (Fsp3) is 0.0147. The Bertz CT molecular complexity index is 3880. The number of rotatable bonds is 9. The molecule has 1 aliphatic heterocycles. The van der Waals surface area contributed by atoms with E-state index in [4.69, 9.17) is 0 Å². The lowest BCUT2D eigenvalue weighted by atomic mass is 9.67. The van der Waals surface area contributed by atoms with Gasteiger partial charge in [0.15, 0.2) is 0 Å². The Balaban J connectivity index is 1.02. The second-order valence-corrected chi connectivity index (χ2v) is 18.6. The van der Waals surface area contributed by atoms with Gasteiger partial charge < -0.3 is 14.7 Å². The van der Waals surface area contributed by atoms with E-state index in [2.05, 4.69) is 287 Å². The highest BCUT2D eigenvalue weighted by Crippen LogP contribution is 2.60. The van der Waals surface area contributed by atoms with E-state index in [1.807, 2.05) is 6.08 Å². The van der Waals surface area contributed by atoms with Gasteiger partial charge in [-0.15, -0.1) is 0 Å². The molecule has 0 saturated heterocycles. The van der Waals surface area contributed by atoms with Gasteiger partial charge in [0.1, 0.15) is 0 Å². The topological polar surface area (TPSA) is 9.72 Å². The number of fused-ring (bicyclic) bond motifs is 7.